The SMILES string of the molecule is C[Si](C)(C)CCOCn1c(=O)n([C@H]2CC[C@H](CC#N)CC2)c2nc(Cl)ncc21. The van der Waals surface area contributed by atoms with Crippen molar-refractivity contribution in [3.05, 3.63) is 22.0 Å². The molecule has 0 spiro atoms. The van der Waals surface area contributed by atoms with E-state index in [1.54, 1.807) is 15.3 Å². The van der Waals surface area contributed by atoms with Gasteiger partial charge in [0.1, 0.15) is 12.2 Å². The van der Waals surface area contributed by atoms with E-state index in [1.807, 2.05) is 0 Å². The zero-order valence-electron chi connectivity index (χ0n) is 16.8. The molecule has 0 bridgehead atoms. The number of hydrogen-bond donors (Lipinski definition) is 0. The summed E-state index contributed by atoms with van der Waals surface area (Å²) in [5.74, 6) is 0.424. The minimum Gasteiger partial charge on any atom is -0.361 e. The Morgan fingerprint density at radius 3 is 2.68 bits per heavy atom. The van der Waals surface area contributed by atoms with Crippen molar-refractivity contribution in [1.82, 2.24) is 19.1 Å². The van der Waals surface area contributed by atoms with Gasteiger partial charge in [-0.15, -0.1) is 0 Å². The number of hydrogen-bond acceptors (Lipinski definition) is 5. The second kappa shape index (κ2) is 8.76. The van der Waals surface area contributed by atoms with Gasteiger partial charge in [0.25, 0.3) is 0 Å². The Bertz CT molecular complexity index is 919. The number of rotatable bonds is 7. The van der Waals surface area contributed by atoms with Crippen LogP contribution < -0.4 is 5.69 Å². The lowest BCUT2D eigenvalue weighted by atomic mass is 9.84. The van der Waals surface area contributed by atoms with Crippen LogP contribution in [0, 0.1) is 17.2 Å². The van der Waals surface area contributed by atoms with Gasteiger partial charge in [-0.1, -0.05) is 19.6 Å². The van der Waals surface area contributed by atoms with Crippen LogP contribution in [0.3, 0.4) is 0 Å². The summed E-state index contributed by atoms with van der Waals surface area (Å²) in [5.41, 5.74) is 1.10. The van der Waals surface area contributed by atoms with Crippen molar-refractivity contribution in [2.45, 2.75) is 70.6 Å². The molecule has 0 atom stereocenters. The van der Waals surface area contributed by atoms with E-state index in [0.29, 0.717) is 30.1 Å². The molecule has 0 radical (unpaired) electrons. The molecule has 1 fully saturated rings. The van der Waals surface area contributed by atoms with Gasteiger partial charge >= 0.3 is 5.69 Å². The van der Waals surface area contributed by atoms with Gasteiger partial charge in [0.05, 0.1) is 12.3 Å². The molecule has 9 heteroatoms. The van der Waals surface area contributed by atoms with Crippen LogP contribution in [-0.4, -0.2) is 33.8 Å². The predicted molar refractivity (Wildman–Crippen MR) is 112 cm³/mol. The molecule has 1 aliphatic rings. The molecule has 2 heterocycles. The molecule has 0 N–H and O–H groups in total. The van der Waals surface area contributed by atoms with E-state index < -0.39 is 8.07 Å². The lowest BCUT2D eigenvalue weighted by Gasteiger charge is -2.27. The fourth-order valence-electron chi connectivity index (χ4n) is 3.76. The number of ether oxygens (including phenoxy) is 1. The molecule has 0 amide bonds. The van der Waals surface area contributed by atoms with Gasteiger partial charge in [-0.3, -0.25) is 9.13 Å². The highest BCUT2D eigenvalue weighted by Crippen LogP contribution is 2.34. The summed E-state index contributed by atoms with van der Waals surface area (Å²) in [6.45, 7) is 7.73. The molecular weight excluding hydrogens is 394 g/mol. The summed E-state index contributed by atoms with van der Waals surface area (Å²) in [5, 5.41) is 9.06. The fraction of sp³-hybridized carbons (Fsp3) is 0.684. The average molecular weight is 422 g/mol. The van der Waals surface area contributed by atoms with Gasteiger partial charge < -0.3 is 4.74 Å². The third-order valence-electron chi connectivity index (χ3n) is 5.45. The number of imidazole rings is 1. The van der Waals surface area contributed by atoms with Crippen LogP contribution in [0.15, 0.2) is 11.0 Å². The molecule has 0 unspecified atom stereocenters. The van der Waals surface area contributed by atoms with Gasteiger partial charge in [0.15, 0.2) is 5.65 Å². The first-order chi connectivity index (χ1) is 13.3. The molecule has 7 nitrogen and oxygen atoms in total. The van der Waals surface area contributed by atoms with Crippen molar-refractivity contribution in [2.24, 2.45) is 5.92 Å². The quantitative estimate of drug-likeness (QED) is 0.379. The predicted octanol–water partition coefficient (Wildman–Crippen LogP) is 4.20. The topological polar surface area (TPSA) is 85.7 Å². The third-order valence-corrected chi connectivity index (χ3v) is 7.34. The molecule has 3 rings (SSSR count). The van der Waals surface area contributed by atoms with Gasteiger partial charge in [0.2, 0.25) is 5.28 Å². The van der Waals surface area contributed by atoms with Crippen molar-refractivity contribution in [3.8, 4) is 6.07 Å². The first-order valence-corrected chi connectivity index (χ1v) is 14.0. The van der Waals surface area contributed by atoms with Crippen molar-refractivity contribution in [1.29, 1.82) is 5.26 Å². The molecule has 2 aromatic rings. The van der Waals surface area contributed by atoms with Crippen molar-refractivity contribution >= 4 is 30.8 Å². The second-order valence-electron chi connectivity index (χ2n) is 8.81. The lowest BCUT2D eigenvalue weighted by Crippen LogP contribution is -2.31. The standard InChI is InChI=1S/C19H28ClN5O2Si/c1-28(2,3)11-10-27-13-24-16-12-22-18(20)23-17(16)25(19(24)26)15-6-4-14(5-7-15)8-9-21/h12,14-15H,4-8,10-11,13H2,1-3H3/t14-,15-. The molecule has 0 aliphatic heterocycles. The van der Waals surface area contributed by atoms with Crippen LogP contribution in [0.5, 0.6) is 0 Å². The van der Waals surface area contributed by atoms with Crippen molar-refractivity contribution in [3.63, 3.8) is 0 Å². The largest absolute Gasteiger partial charge is 0.361 e. The zero-order chi connectivity index (χ0) is 20.3. The monoisotopic (exact) mass is 421 g/mol. The third kappa shape index (κ3) is 4.83. The average Bonchev–Trinajstić information content (AvgIpc) is 2.90. The Labute approximate surface area is 171 Å². The number of halogens is 1. The minimum atomic E-state index is -1.19. The van der Waals surface area contributed by atoms with E-state index in [2.05, 4.69) is 35.7 Å². The van der Waals surface area contributed by atoms with Crippen LogP contribution in [0.4, 0.5) is 0 Å². The highest BCUT2D eigenvalue weighted by molar-refractivity contribution is 6.76. The molecular formula is C19H28ClN5O2Si. The highest BCUT2D eigenvalue weighted by Gasteiger charge is 2.27. The molecule has 0 saturated heterocycles. The highest BCUT2D eigenvalue weighted by atomic mass is 35.5. The van der Waals surface area contributed by atoms with Crippen LogP contribution >= 0.6 is 11.6 Å². The van der Waals surface area contributed by atoms with Crippen LogP contribution in [0.25, 0.3) is 11.2 Å². The minimum absolute atomic E-state index is 0.0687. The second-order valence-corrected chi connectivity index (χ2v) is 14.8. The van der Waals surface area contributed by atoms with Gasteiger partial charge in [-0.25, -0.2) is 9.78 Å². The summed E-state index contributed by atoms with van der Waals surface area (Å²) >= 11 is 6.02. The van der Waals surface area contributed by atoms with E-state index in [-0.39, 0.29) is 23.7 Å². The van der Waals surface area contributed by atoms with Gasteiger partial charge in [-0.2, -0.15) is 10.2 Å². The van der Waals surface area contributed by atoms with E-state index in [9.17, 15) is 4.79 Å². The van der Waals surface area contributed by atoms with E-state index in [4.69, 9.17) is 21.6 Å². The maximum Gasteiger partial charge on any atom is 0.332 e. The number of nitriles is 1. The Hall–Kier alpha value is -1.69. The maximum absolute atomic E-state index is 13.2. The van der Waals surface area contributed by atoms with Crippen molar-refractivity contribution < 1.29 is 4.74 Å². The van der Waals surface area contributed by atoms with Gasteiger partial charge in [0, 0.05) is 27.1 Å². The van der Waals surface area contributed by atoms with Crippen LogP contribution in [0.2, 0.25) is 31.0 Å². The van der Waals surface area contributed by atoms with Gasteiger partial charge in [-0.05, 0) is 49.2 Å². The Kier molecular flexibility index (Phi) is 6.58. The number of fused-ring (bicyclic) bond motifs is 1. The molecule has 28 heavy (non-hydrogen) atoms. The lowest BCUT2D eigenvalue weighted by molar-refractivity contribution is 0.0866. The zero-order valence-corrected chi connectivity index (χ0v) is 18.6. The molecule has 152 valence electrons. The Balaban J connectivity index is 1.85. The summed E-state index contributed by atoms with van der Waals surface area (Å²) in [4.78, 5) is 21.6. The first-order valence-electron chi connectivity index (χ1n) is 9.88. The molecule has 2 aromatic heterocycles. The summed E-state index contributed by atoms with van der Waals surface area (Å²) in [6.07, 6.45) is 5.81. The Morgan fingerprint density at radius 2 is 2.04 bits per heavy atom. The summed E-state index contributed by atoms with van der Waals surface area (Å²) < 4.78 is 9.19. The van der Waals surface area contributed by atoms with Crippen LogP contribution in [-0.2, 0) is 11.5 Å². The normalized spacial score (nSPS) is 20.4. The van der Waals surface area contributed by atoms with E-state index >= 15 is 0 Å². The Morgan fingerprint density at radius 1 is 1.32 bits per heavy atom. The smallest absolute Gasteiger partial charge is 0.332 e. The summed E-state index contributed by atoms with van der Waals surface area (Å²) in [6, 6.07) is 3.38. The van der Waals surface area contributed by atoms with Crippen molar-refractivity contribution in [2.75, 3.05) is 6.61 Å². The van der Waals surface area contributed by atoms with Crippen LogP contribution in [0.1, 0.15) is 38.1 Å². The van der Waals surface area contributed by atoms with E-state index in [1.165, 1.54) is 0 Å². The molecule has 0 aromatic carbocycles. The number of nitrogens with zero attached hydrogens (tertiary/aromatic N) is 5. The molecule has 1 saturated carbocycles. The summed E-state index contributed by atoms with van der Waals surface area (Å²) in [7, 11) is -1.19. The fourth-order valence-corrected chi connectivity index (χ4v) is 4.65. The maximum atomic E-state index is 13.2. The van der Waals surface area contributed by atoms with E-state index in [0.717, 1.165) is 31.7 Å². The molecule has 1 aliphatic carbocycles. The number of aromatic nitrogens is 4. The first kappa shape index (κ1) is 21.0.